The Bertz CT molecular complexity index is 1330. The highest BCUT2D eigenvalue weighted by Crippen LogP contribution is 2.28. The maximum absolute atomic E-state index is 13.7. The van der Waals surface area contributed by atoms with Crippen molar-refractivity contribution >= 4 is 49.2 Å². The lowest BCUT2D eigenvalue weighted by Crippen LogP contribution is -2.40. The Kier molecular flexibility index (Phi) is 7.22. The average molecular weight is 510 g/mol. The molecule has 0 N–H and O–H groups in total. The number of hydrogen-bond acceptors (Lipinski definition) is 6. The first-order valence-corrected chi connectivity index (χ1v) is 14.0. The van der Waals surface area contributed by atoms with E-state index in [9.17, 15) is 17.6 Å². The van der Waals surface area contributed by atoms with Crippen LogP contribution in [0.4, 0.5) is 4.39 Å². The molecule has 11 heteroatoms. The zero-order chi connectivity index (χ0) is 23.6. The summed E-state index contributed by atoms with van der Waals surface area (Å²) in [5, 5.41) is 0. The summed E-state index contributed by atoms with van der Waals surface area (Å²) in [5.74, 6) is 0.487. The molecule has 2 heterocycles. The monoisotopic (exact) mass is 509 g/mol. The molecule has 1 aliphatic heterocycles. The van der Waals surface area contributed by atoms with Gasteiger partial charge in [-0.3, -0.25) is 4.79 Å². The maximum Gasteiger partial charge on any atom is 0.266 e. The van der Waals surface area contributed by atoms with Gasteiger partial charge in [-0.25, -0.2) is 12.8 Å². The molecule has 0 radical (unpaired) electrons. The van der Waals surface area contributed by atoms with Gasteiger partial charge >= 0.3 is 0 Å². The molecular formula is C22H24FN3O4S3. The fourth-order valence-electron chi connectivity index (χ4n) is 3.86. The largest absolute Gasteiger partial charge is 0.497 e. The lowest BCUT2D eigenvalue weighted by Gasteiger charge is -2.21. The molecule has 33 heavy (non-hydrogen) atoms. The number of aryl methyl sites for hydroxylation is 1. The molecule has 7 nitrogen and oxygen atoms in total. The number of sulfonamides is 1. The first-order chi connectivity index (χ1) is 15.8. The molecule has 2 aromatic carbocycles. The van der Waals surface area contributed by atoms with Gasteiger partial charge in [0.2, 0.25) is 10.0 Å². The van der Waals surface area contributed by atoms with Crippen molar-refractivity contribution < 1.29 is 22.3 Å². The van der Waals surface area contributed by atoms with Crippen LogP contribution in [0.5, 0.6) is 5.75 Å². The van der Waals surface area contributed by atoms with E-state index in [0.29, 0.717) is 34.6 Å². The number of thioether (sulfide) groups is 1. The third kappa shape index (κ3) is 4.86. The zero-order valence-electron chi connectivity index (χ0n) is 18.2. The third-order valence-corrected chi connectivity index (χ3v) is 9.08. The van der Waals surface area contributed by atoms with Crippen LogP contribution in [0.3, 0.4) is 0 Å². The van der Waals surface area contributed by atoms with Crippen LogP contribution in [0.1, 0.15) is 12.8 Å². The van der Waals surface area contributed by atoms with Gasteiger partial charge in [-0.05, 0) is 61.6 Å². The lowest BCUT2D eigenvalue weighted by atomic mass is 10.2. The summed E-state index contributed by atoms with van der Waals surface area (Å²) >= 11 is 2.88. The van der Waals surface area contributed by atoms with Gasteiger partial charge in [0, 0.05) is 18.8 Å². The molecule has 3 aromatic rings. The summed E-state index contributed by atoms with van der Waals surface area (Å²) in [5.41, 5.74) is 0.802. The molecule has 0 saturated carbocycles. The highest BCUT2D eigenvalue weighted by molar-refractivity contribution is 7.98. The summed E-state index contributed by atoms with van der Waals surface area (Å²) in [6.07, 6.45) is 2.96. The van der Waals surface area contributed by atoms with Crippen molar-refractivity contribution in [3.05, 3.63) is 53.1 Å². The molecule has 0 aliphatic carbocycles. The van der Waals surface area contributed by atoms with Crippen molar-refractivity contribution in [1.29, 1.82) is 0 Å². The lowest BCUT2D eigenvalue weighted by molar-refractivity contribution is -0.121. The van der Waals surface area contributed by atoms with E-state index < -0.39 is 22.0 Å². The second-order valence-electron chi connectivity index (χ2n) is 7.54. The topological polar surface area (TPSA) is 81.0 Å². The second kappa shape index (κ2) is 9.96. The van der Waals surface area contributed by atoms with Crippen molar-refractivity contribution in [3.8, 4) is 5.75 Å². The van der Waals surface area contributed by atoms with E-state index in [0.717, 1.165) is 11.3 Å². The molecular weight excluding hydrogens is 485 g/mol. The summed E-state index contributed by atoms with van der Waals surface area (Å²) in [6, 6.07) is 9.73. The number of methoxy groups -OCH3 is 1. The van der Waals surface area contributed by atoms with Gasteiger partial charge in [-0.1, -0.05) is 11.3 Å². The predicted octanol–water partition coefficient (Wildman–Crippen LogP) is 3.49. The van der Waals surface area contributed by atoms with Crippen LogP contribution in [-0.2, 0) is 21.4 Å². The molecule has 1 unspecified atom stereocenters. The van der Waals surface area contributed by atoms with Crippen LogP contribution in [-0.4, -0.2) is 54.9 Å². The highest BCUT2D eigenvalue weighted by Gasteiger charge is 2.39. The number of benzene rings is 2. The molecule has 1 amide bonds. The van der Waals surface area contributed by atoms with Gasteiger partial charge < -0.3 is 9.30 Å². The minimum Gasteiger partial charge on any atom is -0.497 e. The Hall–Kier alpha value is -2.21. The molecule has 1 saturated heterocycles. The zero-order valence-corrected chi connectivity index (χ0v) is 20.7. The maximum atomic E-state index is 13.7. The van der Waals surface area contributed by atoms with Crippen LogP contribution >= 0.6 is 23.1 Å². The van der Waals surface area contributed by atoms with Crippen molar-refractivity contribution in [1.82, 2.24) is 8.87 Å². The molecule has 1 fully saturated rings. The molecule has 0 bridgehead atoms. The SMILES string of the molecule is COc1ccc(S(=O)(=O)N2CCCC2C(=O)N=c2sc3cc(F)ccc3n2CCSC)cc1. The number of thiazole rings is 1. The summed E-state index contributed by atoms with van der Waals surface area (Å²) in [4.78, 5) is 18.1. The van der Waals surface area contributed by atoms with Gasteiger partial charge in [0.05, 0.1) is 22.2 Å². The number of fused-ring (bicyclic) bond motifs is 1. The van der Waals surface area contributed by atoms with E-state index in [-0.39, 0.29) is 17.3 Å². The number of hydrogen-bond donors (Lipinski definition) is 0. The van der Waals surface area contributed by atoms with Gasteiger partial charge in [0.1, 0.15) is 17.6 Å². The minimum absolute atomic E-state index is 0.107. The van der Waals surface area contributed by atoms with Crippen LogP contribution in [0.2, 0.25) is 0 Å². The van der Waals surface area contributed by atoms with E-state index in [2.05, 4.69) is 4.99 Å². The molecule has 1 aromatic heterocycles. The van der Waals surface area contributed by atoms with Crippen molar-refractivity contribution in [2.24, 2.45) is 4.99 Å². The standard InChI is InChI=1S/C22H24FN3O4S3/c1-30-16-6-8-17(9-7-16)33(28,29)26-11-3-4-19(26)21(27)24-22-25(12-13-31-2)18-10-5-15(23)14-20(18)32-22/h5-10,14,19H,3-4,11-13H2,1-2H3. The smallest absolute Gasteiger partial charge is 0.266 e. The van der Waals surface area contributed by atoms with E-state index in [4.69, 9.17) is 4.74 Å². The number of halogens is 1. The fourth-order valence-corrected chi connectivity index (χ4v) is 6.96. The van der Waals surface area contributed by atoms with E-state index >= 15 is 0 Å². The summed E-state index contributed by atoms with van der Waals surface area (Å²) in [6.45, 7) is 0.863. The Morgan fingerprint density at radius 2 is 2.03 bits per heavy atom. The third-order valence-electron chi connectivity index (χ3n) is 5.52. The number of amides is 1. The van der Waals surface area contributed by atoms with Gasteiger partial charge in [-0.2, -0.15) is 21.1 Å². The first kappa shape index (κ1) is 23.9. The van der Waals surface area contributed by atoms with Gasteiger partial charge in [0.15, 0.2) is 4.80 Å². The molecule has 176 valence electrons. The summed E-state index contributed by atoms with van der Waals surface area (Å²) < 4.78 is 49.1. The Morgan fingerprint density at radius 3 is 2.73 bits per heavy atom. The molecule has 1 aliphatic rings. The Balaban J connectivity index is 1.69. The van der Waals surface area contributed by atoms with Crippen LogP contribution in [0.25, 0.3) is 10.2 Å². The highest BCUT2D eigenvalue weighted by atomic mass is 32.2. The number of aromatic nitrogens is 1. The number of ether oxygens (including phenoxy) is 1. The van der Waals surface area contributed by atoms with Gasteiger partial charge in [-0.15, -0.1) is 0 Å². The quantitative estimate of drug-likeness (QED) is 0.487. The Morgan fingerprint density at radius 1 is 1.27 bits per heavy atom. The van der Waals surface area contributed by atoms with Crippen molar-refractivity contribution in [2.75, 3.05) is 25.7 Å². The average Bonchev–Trinajstić information content (AvgIpc) is 3.43. The minimum atomic E-state index is -3.86. The van der Waals surface area contributed by atoms with Crippen molar-refractivity contribution in [2.45, 2.75) is 30.3 Å². The number of carbonyl (C=O) groups excluding carboxylic acids is 1. The molecule has 1 atom stereocenters. The van der Waals surface area contributed by atoms with Crippen molar-refractivity contribution in [3.63, 3.8) is 0 Å². The molecule has 4 rings (SSSR count). The predicted molar refractivity (Wildman–Crippen MR) is 129 cm³/mol. The van der Waals surface area contributed by atoms with E-state index in [1.54, 1.807) is 30.0 Å². The normalized spacial score (nSPS) is 17.7. The molecule has 0 spiro atoms. The number of carbonyl (C=O) groups is 1. The van der Waals surface area contributed by atoms with Crippen LogP contribution < -0.4 is 9.54 Å². The van der Waals surface area contributed by atoms with Crippen LogP contribution in [0, 0.1) is 5.82 Å². The van der Waals surface area contributed by atoms with E-state index in [1.807, 2.05) is 10.8 Å². The van der Waals surface area contributed by atoms with Crippen LogP contribution in [0.15, 0.2) is 52.4 Å². The van der Waals surface area contributed by atoms with Gasteiger partial charge in [0.25, 0.3) is 5.91 Å². The first-order valence-electron chi connectivity index (χ1n) is 10.4. The Labute approximate surface area is 199 Å². The number of rotatable bonds is 7. The fraction of sp³-hybridized carbons (Fsp3) is 0.364. The van der Waals surface area contributed by atoms with E-state index in [1.165, 1.54) is 47.0 Å². The summed E-state index contributed by atoms with van der Waals surface area (Å²) in [7, 11) is -2.36. The second-order valence-corrected chi connectivity index (χ2v) is 11.4. The number of nitrogens with zero attached hydrogens (tertiary/aromatic N) is 3.